The summed E-state index contributed by atoms with van der Waals surface area (Å²) in [6.45, 7) is 7.97. The number of nitrogens with zero attached hydrogens (tertiary/aromatic N) is 2. The van der Waals surface area contributed by atoms with E-state index in [0.717, 1.165) is 30.1 Å². The molecule has 2 aromatic heterocycles. The molecule has 0 radical (unpaired) electrons. The summed E-state index contributed by atoms with van der Waals surface area (Å²) in [5.41, 5.74) is 4.62. The lowest BCUT2D eigenvalue weighted by Gasteiger charge is -2.14. The molecule has 3 rings (SSSR count). The second kappa shape index (κ2) is 6.69. The quantitative estimate of drug-likeness (QED) is 0.663. The molecule has 3 nitrogen and oxygen atoms in total. The average Bonchev–Trinajstić information content (AvgIpc) is 3.06. The number of aryl methyl sites for hydroxylation is 3. The van der Waals surface area contributed by atoms with Gasteiger partial charge in [-0.25, -0.2) is 4.98 Å². The van der Waals surface area contributed by atoms with Crippen LogP contribution in [-0.4, -0.2) is 16.9 Å². The van der Waals surface area contributed by atoms with Gasteiger partial charge < -0.3 is 4.42 Å². The van der Waals surface area contributed by atoms with E-state index in [1.165, 1.54) is 16.0 Å². The van der Waals surface area contributed by atoms with Crippen LogP contribution in [-0.2, 0) is 13.1 Å². The third-order valence-corrected chi connectivity index (χ3v) is 4.97. The Morgan fingerprint density at radius 3 is 2.65 bits per heavy atom. The highest BCUT2D eigenvalue weighted by atomic mass is 32.1. The number of rotatable bonds is 5. The number of hydrogen-bond donors (Lipinski definition) is 0. The van der Waals surface area contributed by atoms with E-state index in [1.807, 2.05) is 30.4 Å². The van der Waals surface area contributed by atoms with E-state index in [2.05, 4.69) is 49.4 Å². The lowest BCUT2D eigenvalue weighted by atomic mass is 10.1. The van der Waals surface area contributed by atoms with Gasteiger partial charge >= 0.3 is 0 Å². The fraction of sp³-hybridized carbons (Fsp3) is 0.316. The first kappa shape index (κ1) is 16.0. The van der Waals surface area contributed by atoms with E-state index >= 15 is 0 Å². The monoisotopic (exact) mass is 326 g/mol. The lowest BCUT2D eigenvalue weighted by Crippen LogP contribution is -2.17. The van der Waals surface area contributed by atoms with Gasteiger partial charge in [0.1, 0.15) is 5.76 Å². The molecular weight excluding hydrogens is 304 g/mol. The second-order valence-electron chi connectivity index (χ2n) is 6.09. The lowest BCUT2D eigenvalue weighted by molar-refractivity contribution is 0.315. The van der Waals surface area contributed by atoms with Gasteiger partial charge in [0, 0.05) is 23.5 Å². The van der Waals surface area contributed by atoms with Crippen molar-refractivity contribution in [1.29, 1.82) is 0 Å². The summed E-state index contributed by atoms with van der Waals surface area (Å²) in [6.07, 6.45) is 0. The molecule has 4 heteroatoms. The van der Waals surface area contributed by atoms with Crippen LogP contribution in [0.1, 0.15) is 27.5 Å². The Hall–Kier alpha value is -1.91. The normalized spacial score (nSPS) is 11.3. The first-order valence-corrected chi connectivity index (χ1v) is 8.66. The van der Waals surface area contributed by atoms with Crippen LogP contribution < -0.4 is 0 Å². The molecule has 0 unspecified atom stereocenters. The van der Waals surface area contributed by atoms with Crippen molar-refractivity contribution in [3.05, 3.63) is 63.2 Å². The summed E-state index contributed by atoms with van der Waals surface area (Å²) in [6, 6.07) is 10.4. The molecule has 1 aromatic carbocycles. The predicted molar refractivity (Wildman–Crippen MR) is 95.6 cm³/mol. The van der Waals surface area contributed by atoms with Gasteiger partial charge in [-0.05, 0) is 57.0 Å². The van der Waals surface area contributed by atoms with Gasteiger partial charge in [0.05, 0.1) is 5.69 Å². The van der Waals surface area contributed by atoms with Crippen LogP contribution >= 0.6 is 11.3 Å². The van der Waals surface area contributed by atoms with Gasteiger partial charge in [0.25, 0.3) is 0 Å². The summed E-state index contributed by atoms with van der Waals surface area (Å²) in [7, 11) is 2.12. The Balaban J connectivity index is 1.75. The summed E-state index contributed by atoms with van der Waals surface area (Å²) in [5.74, 6) is 1.61. The van der Waals surface area contributed by atoms with E-state index in [4.69, 9.17) is 9.40 Å². The van der Waals surface area contributed by atoms with Gasteiger partial charge in [-0.1, -0.05) is 17.7 Å². The molecule has 0 aliphatic rings. The largest absolute Gasteiger partial charge is 0.441 e. The van der Waals surface area contributed by atoms with E-state index in [1.54, 1.807) is 0 Å². The smallest absolute Gasteiger partial charge is 0.226 e. The highest BCUT2D eigenvalue weighted by Crippen LogP contribution is 2.24. The van der Waals surface area contributed by atoms with E-state index in [0.29, 0.717) is 5.89 Å². The van der Waals surface area contributed by atoms with Crippen molar-refractivity contribution in [2.24, 2.45) is 0 Å². The molecule has 0 saturated heterocycles. The molecule has 0 aliphatic carbocycles. The molecule has 0 aliphatic heterocycles. The number of thiophene rings is 1. The SMILES string of the molecule is Cc1cccc(-c2nc(CN(C)Cc3sccc3C)c(C)o2)c1. The fourth-order valence-electron chi connectivity index (χ4n) is 2.60. The molecule has 0 atom stereocenters. The van der Waals surface area contributed by atoms with Crippen LogP contribution in [0.4, 0.5) is 0 Å². The van der Waals surface area contributed by atoms with Crippen LogP contribution in [0.15, 0.2) is 40.1 Å². The summed E-state index contributed by atoms with van der Waals surface area (Å²) >= 11 is 1.81. The second-order valence-corrected chi connectivity index (χ2v) is 7.09. The molecule has 0 fully saturated rings. The predicted octanol–water partition coefficient (Wildman–Crippen LogP) is 4.96. The third kappa shape index (κ3) is 3.71. The van der Waals surface area contributed by atoms with Crippen molar-refractivity contribution in [1.82, 2.24) is 9.88 Å². The Morgan fingerprint density at radius 2 is 1.96 bits per heavy atom. The van der Waals surface area contributed by atoms with Crippen molar-refractivity contribution in [2.75, 3.05) is 7.05 Å². The van der Waals surface area contributed by atoms with Gasteiger partial charge in [0.15, 0.2) is 0 Å². The van der Waals surface area contributed by atoms with Crippen LogP contribution in [0.3, 0.4) is 0 Å². The summed E-state index contributed by atoms with van der Waals surface area (Å²) < 4.78 is 5.88. The zero-order valence-electron chi connectivity index (χ0n) is 14.1. The van der Waals surface area contributed by atoms with Crippen molar-refractivity contribution in [3.8, 4) is 11.5 Å². The molecule has 0 saturated carbocycles. The Labute approximate surface area is 141 Å². The molecule has 0 bridgehead atoms. The minimum absolute atomic E-state index is 0.710. The number of hydrogen-bond acceptors (Lipinski definition) is 4. The van der Waals surface area contributed by atoms with Crippen molar-refractivity contribution in [3.63, 3.8) is 0 Å². The van der Waals surface area contributed by atoms with Crippen LogP contribution in [0, 0.1) is 20.8 Å². The number of oxazole rings is 1. The summed E-state index contributed by atoms with van der Waals surface area (Å²) in [5, 5.41) is 2.15. The zero-order valence-corrected chi connectivity index (χ0v) is 14.9. The van der Waals surface area contributed by atoms with E-state index in [-0.39, 0.29) is 0 Å². The standard InChI is InChI=1S/C19H22N2OS/c1-13-6-5-7-16(10-13)19-20-17(15(3)22-19)11-21(4)12-18-14(2)8-9-23-18/h5-10H,11-12H2,1-4H3. The Kier molecular flexibility index (Phi) is 4.64. The molecule has 2 heterocycles. The van der Waals surface area contributed by atoms with Gasteiger partial charge in [-0.15, -0.1) is 11.3 Å². The highest BCUT2D eigenvalue weighted by molar-refractivity contribution is 7.10. The third-order valence-electron chi connectivity index (χ3n) is 3.96. The zero-order chi connectivity index (χ0) is 16.4. The number of benzene rings is 1. The van der Waals surface area contributed by atoms with E-state index in [9.17, 15) is 0 Å². The molecule has 0 N–H and O–H groups in total. The number of aromatic nitrogens is 1. The Morgan fingerprint density at radius 1 is 1.13 bits per heavy atom. The molecule has 0 spiro atoms. The molecule has 23 heavy (non-hydrogen) atoms. The molecule has 3 aromatic rings. The molecular formula is C19H22N2OS. The maximum atomic E-state index is 5.88. The first-order chi connectivity index (χ1) is 11.0. The fourth-order valence-corrected chi connectivity index (χ4v) is 3.58. The van der Waals surface area contributed by atoms with Gasteiger partial charge in [0.2, 0.25) is 5.89 Å². The summed E-state index contributed by atoms with van der Waals surface area (Å²) in [4.78, 5) is 8.40. The van der Waals surface area contributed by atoms with Gasteiger partial charge in [-0.3, -0.25) is 4.90 Å². The van der Waals surface area contributed by atoms with Crippen molar-refractivity contribution < 1.29 is 4.42 Å². The van der Waals surface area contributed by atoms with Crippen LogP contribution in [0.25, 0.3) is 11.5 Å². The average molecular weight is 326 g/mol. The minimum atomic E-state index is 0.710. The molecule has 0 amide bonds. The minimum Gasteiger partial charge on any atom is -0.441 e. The first-order valence-electron chi connectivity index (χ1n) is 7.78. The molecule has 120 valence electrons. The van der Waals surface area contributed by atoms with E-state index < -0.39 is 0 Å². The topological polar surface area (TPSA) is 29.3 Å². The van der Waals surface area contributed by atoms with Gasteiger partial charge in [-0.2, -0.15) is 0 Å². The maximum Gasteiger partial charge on any atom is 0.226 e. The Bertz CT molecular complexity index is 803. The van der Waals surface area contributed by atoms with Crippen LogP contribution in [0.5, 0.6) is 0 Å². The maximum absolute atomic E-state index is 5.88. The highest BCUT2D eigenvalue weighted by Gasteiger charge is 2.14. The van der Waals surface area contributed by atoms with Crippen molar-refractivity contribution in [2.45, 2.75) is 33.9 Å². The van der Waals surface area contributed by atoms with Crippen LogP contribution in [0.2, 0.25) is 0 Å². The van der Waals surface area contributed by atoms with Crippen molar-refractivity contribution >= 4 is 11.3 Å².